The van der Waals surface area contributed by atoms with Gasteiger partial charge >= 0.3 is 12.1 Å². The molecular weight excluding hydrogens is 416 g/mol. The molecule has 1 N–H and O–H groups in total. The molecule has 0 bridgehead atoms. The fourth-order valence-corrected chi connectivity index (χ4v) is 3.86. The average molecular weight is 440 g/mol. The number of amides is 3. The molecule has 1 saturated heterocycles. The minimum atomic E-state index is -0.877. The van der Waals surface area contributed by atoms with Gasteiger partial charge in [0, 0.05) is 19.0 Å². The zero-order valence-electron chi connectivity index (χ0n) is 18.1. The lowest BCUT2D eigenvalue weighted by atomic mass is 9.93. The summed E-state index contributed by atoms with van der Waals surface area (Å²) in [7, 11) is 0. The summed E-state index contributed by atoms with van der Waals surface area (Å²) in [5, 5.41) is 7.23. The Bertz CT molecular complexity index is 1050. The van der Waals surface area contributed by atoms with Crippen molar-refractivity contribution in [1.82, 2.24) is 20.2 Å². The van der Waals surface area contributed by atoms with Crippen LogP contribution >= 0.6 is 0 Å². The van der Waals surface area contributed by atoms with Crippen molar-refractivity contribution in [2.75, 3.05) is 13.1 Å². The Morgan fingerprint density at radius 3 is 2.41 bits per heavy atom. The van der Waals surface area contributed by atoms with E-state index in [-0.39, 0.29) is 22.6 Å². The number of rotatable bonds is 3. The Hall–Kier alpha value is -3.69. The van der Waals surface area contributed by atoms with Crippen LogP contribution in [0, 0.1) is 0 Å². The minimum absolute atomic E-state index is 0.109. The molecule has 0 saturated carbocycles. The van der Waals surface area contributed by atoms with Crippen LogP contribution < -0.4 is 0 Å². The third-order valence-corrected chi connectivity index (χ3v) is 5.30. The molecule has 0 aliphatic carbocycles. The van der Waals surface area contributed by atoms with E-state index in [1.54, 1.807) is 37.8 Å². The van der Waals surface area contributed by atoms with Crippen molar-refractivity contribution in [3.63, 3.8) is 0 Å². The molecule has 10 heteroatoms. The normalized spacial score (nSPS) is 18.5. The summed E-state index contributed by atoms with van der Waals surface area (Å²) in [4.78, 5) is 57.0. The maximum Gasteiger partial charge on any atom is 0.410 e. The van der Waals surface area contributed by atoms with Gasteiger partial charge in [0.05, 0.1) is 23.0 Å². The summed E-state index contributed by atoms with van der Waals surface area (Å²) in [6.07, 6.45) is 2.31. The van der Waals surface area contributed by atoms with Crippen molar-refractivity contribution in [3.8, 4) is 0 Å². The van der Waals surface area contributed by atoms with Crippen LogP contribution in [-0.4, -0.2) is 62.7 Å². The molecule has 4 rings (SSSR count). The summed E-state index contributed by atoms with van der Waals surface area (Å²) in [5.41, 5.74) is 0.341. The molecule has 0 spiro atoms. The summed E-state index contributed by atoms with van der Waals surface area (Å²) in [6, 6.07) is 6.26. The van der Waals surface area contributed by atoms with Crippen molar-refractivity contribution < 1.29 is 28.8 Å². The molecule has 1 unspecified atom stereocenters. The lowest BCUT2D eigenvalue weighted by Gasteiger charge is -2.34. The maximum atomic E-state index is 12.8. The maximum absolute atomic E-state index is 12.8. The van der Waals surface area contributed by atoms with Crippen LogP contribution in [0.25, 0.3) is 0 Å². The molecule has 1 fully saturated rings. The van der Waals surface area contributed by atoms with Crippen LogP contribution in [0.15, 0.2) is 30.5 Å². The fraction of sp³-hybridized carbons (Fsp3) is 0.409. The van der Waals surface area contributed by atoms with Gasteiger partial charge in [-0.25, -0.2) is 9.59 Å². The predicted octanol–water partition coefficient (Wildman–Crippen LogP) is 2.89. The quantitative estimate of drug-likeness (QED) is 0.728. The van der Waals surface area contributed by atoms with Gasteiger partial charge in [0.1, 0.15) is 11.2 Å². The third-order valence-electron chi connectivity index (χ3n) is 5.30. The Labute approximate surface area is 184 Å². The van der Waals surface area contributed by atoms with Gasteiger partial charge in [-0.1, -0.05) is 17.2 Å². The molecule has 2 aromatic rings. The highest BCUT2D eigenvalue weighted by atomic mass is 16.7. The number of carbonyl (C=O) groups excluding carboxylic acids is 4. The molecule has 10 nitrogen and oxygen atoms in total. The smallest absolute Gasteiger partial charge is 0.410 e. The van der Waals surface area contributed by atoms with E-state index < -0.39 is 29.5 Å². The van der Waals surface area contributed by atoms with Crippen LogP contribution in [0.2, 0.25) is 0 Å². The number of piperidine rings is 1. The number of aromatic amines is 1. The van der Waals surface area contributed by atoms with Gasteiger partial charge in [0.15, 0.2) is 0 Å². The van der Waals surface area contributed by atoms with Crippen molar-refractivity contribution in [2.45, 2.75) is 45.1 Å². The third kappa shape index (κ3) is 4.08. The van der Waals surface area contributed by atoms with Crippen LogP contribution in [0.4, 0.5) is 4.79 Å². The molecule has 168 valence electrons. The topological polar surface area (TPSA) is 122 Å². The van der Waals surface area contributed by atoms with Crippen LogP contribution in [0.5, 0.6) is 0 Å². The number of hydrogen-bond donors (Lipinski definition) is 1. The second kappa shape index (κ2) is 8.10. The number of nitrogens with one attached hydrogen (secondary N) is 1. The summed E-state index contributed by atoms with van der Waals surface area (Å²) in [5.74, 6) is -2.48. The van der Waals surface area contributed by atoms with Crippen molar-refractivity contribution in [3.05, 3.63) is 52.8 Å². The molecule has 1 aromatic heterocycles. The first kappa shape index (κ1) is 21.5. The number of carbonyl (C=O) groups is 4. The average Bonchev–Trinajstić information content (AvgIpc) is 3.33. The lowest BCUT2D eigenvalue weighted by Crippen LogP contribution is -2.42. The van der Waals surface area contributed by atoms with Crippen molar-refractivity contribution >= 4 is 23.9 Å². The number of benzene rings is 1. The zero-order chi connectivity index (χ0) is 23.0. The number of fused-ring (bicyclic) bond motifs is 1. The van der Waals surface area contributed by atoms with Crippen LogP contribution in [-0.2, 0) is 9.57 Å². The van der Waals surface area contributed by atoms with E-state index >= 15 is 0 Å². The van der Waals surface area contributed by atoms with Gasteiger partial charge in [0.2, 0.25) is 0 Å². The first-order valence-electron chi connectivity index (χ1n) is 10.4. The Balaban J connectivity index is 1.48. The number of hydroxylamine groups is 2. The number of likely N-dealkylation sites (tertiary alicyclic amines) is 1. The first-order chi connectivity index (χ1) is 15.2. The van der Waals surface area contributed by atoms with E-state index in [2.05, 4.69) is 10.2 Å². The lowest BCUT2D eigenvalue weighted by molar-refractivity contribution is -0.0585. The molecular formula is C22H24N4O6. The number of H-pyrrole nitrogens is 1. The highest BCUT2D eigenvalue weighted by Crippen LogP contribution is 2.30. The summed E-state index contributed by atoms with van der Waals surface area (Å²) >= 11 is 0. The van der Waals surface area contributed by atoms with E-state index in [9.17, 15) is 19.2 Å². The van der Waals surface area contributed by atoms with Crippen LogP contribution in [0.3, 0.4) is 0 Å². The molecule has 3 amide bonds. The summed E-state index contributed by atoms with van der Waals surface area (Å²) in [6.45, 7) is 6.29. The molecule has 0 radical (unpaired) electrons. The zero-order valence-corrected chi connectivity index (χ0v) is 18.1. The standard InChI is InChI=1S/C22H24N4O6/c1-22(2,3)31-21(30)25-10-6-7-13(12-25)17-16(11-23-24-17)20(29)32-26-18(27)14-8-4-5-9-15(14)19(26)28/h4-5,8-9,11,13H,6-7,10,12H2,1-3H3,(H,23,24). The molecule has 2 aliphatic heterocycles. The van der Waals surface area contributed by atoms with Crippen molar-refractivity contribution in [1.29, 1.82) is 0 Å². The Morgan fingerprint density at radius 1 is 1.12 bits per heavy atom. The fourth-order valence-electron chi connectivity index (χ4n) is 3.86. The monoisotopic (exact) mass is 440 g/mol. The predicted molar refractivity (Wildman–Crippen MR) is 111 cm³/mol. The van der Waals surface area contributed by atoms with Gasteiger partial charge in [-0.15, -0.1) is 0 Å². The molecule has 3 heterocycles. The molecule has 2 aliphatic rings. The van der Waals surface area contributed by atoms with E-state index in [1.807, 2.05) is 0 Å². The SMILES string of the molecule is CC(C)(C)OC(=O)N1CCCC(c2[nH]ncc2C(=O)ON2C(=O)c3ccccc3C2=O)C1. The number of aromatic nitrogens is 2. The first-order valence-corrected chi connectivity index (χ1v) is 10.4. The van der Waals surface area contributed by atoms with E-state index in [4.69, 9.17) is 9.57 Å². The van der Waals surface area contributed by atoms with Gasteiger partial charge in [-0.05, 0) is 45.7 Å². The second-order valence-electron chi connectivity index (χ2n) is 8.79. The molecule has 32 heavy (non-hydrogen) atoms. The van der Waals surface area contributed by atoms with Crippen LogP contribution in [0.1, 0.15) is 76.3 Å². The highest BCUT2D eigenvalue weighted by molar-refractivity contribution is 6.21. The number of nitrogens with zero attached hydrogens (tertiary/aromatic N) is 3. The molecule has 1 atom stereocenters. The van der Waals surface area contributed by atoms with E-state index in [1.165, 1.54) is 18.3 Å². The van der Waals surface area contributed by atoms with Gasteiger partial charge in [-0.3, -0.25) is 14.7 Å². The summed E-state index contributed by atoms with van der Waals surface area (Å²) < 4.78 is 5.45. The van der Waals surface area contributed by atoms with Gasteiger partial charge < -0.3 is 14.5 Å². The largest absolute Gasteiger partial charge is 0.444 e. The Morgan fingerprint density at radius 2 is 1.78 bits per heavy atom. The minimum Gasteiger partial charge on any atom is -0.444 e. The van der Waals surface area contributed by atoms with Gasteiger partial charge in [-0.2, -0.15) is 5.10 Å². The number of imide groups is 1. The highest BCUT2D eigenvalue weighted by Gasteiger charge is 2.40. The van der Waals surface area contributed by atoms with Gasteiger partial charge in [0.25, 0.3) is 11.8 Å². The van der Waals surface area contributed by atoms with E-state index in [0.717, 1.165) is 12.8 Å². The Kier molecular flexibility index (Phi) is 5.45. The second-order valence-corrected chi connectivity index (χ2v) is 8.79. The molecule has 1 aromatic carbocycles. The van der Waals surface area contributed by atoms with E-state index in [0.29, 0.717) is 23.8 Å². The number of ether oxygens (including phenoxy) is 1. The van der Waals surface area contributed by atoms with Crippen molar-refractivity contribution in [2.24, 2.45) is 0 Å². The number of hydrogen-bond acceptors (Lipinski definition) is 7.